The van der Waals surface area contributed by atoms with Crippen molar-refractivity contribution in [3.63, 3.8) is 0 Å². The van der Waals surface area contributed by atoms with Gasteiger partial charge in [0.05, 0.1) is 11.2 Å². The maximum absolute atomic E-state index is 6.20. The molecule has 2 aliphatic heterocycles. The minimum absolute atomic E-state index is 0.258. The molecule has 0 N–H and O–H groups in total. The van der Waals surface area contributed by atoms with E-state index in [1.54, 1.807) is 0 Å². The average molecular weight is 313 g/mol. The summed E-state index contributed by atoms with van der Waals surface area (Å²) in [5.41, 5.74) is 3.37. The lowest BCUT2D eigenvalue weighted by Gasteiger charge is -2.32. The van der Waals surface area contributed by atoms with Crippen LogP contribution in [0.3, 0.4) is 0 Å². The lowest BCUT2D eigenvalue weighted by atomic mass is 9.77. The van der Waals surface area contributed by atoms with Crippen LogP contribution in [0.4, 0.5) is 0 Å². The fourth-order valence-corrected chi connectivity index (χ4v) is 3.85. The van der Waals surface area contributed by atoms with E-state index in [-0.39, 0.29) is 18.3 Å². The second kappa shape index (κ2) is 5.08. The molecule has 2 atom stereocenters. The van der Waals surface area contributed by atoms with Crippen molar-refractivity contribution in [2.24, 2.45) is 11.8 Å². The number of aryl methyl sites for hydroxylation is 1. The van der Waals surface area contributed by atoms with Gasteiger partial charge in [-0.1, -0.05) is 18.2 Å². The second-order valence-corrected chi connectivity index (χ2v) is 8.72. The van der Waals surface area contributed by atoms with E-state index < -0.39 is 0 Å². The van der Waals surface area contributed by atoms with Gasteiger partial charge in [-0.05, 0) is 69.5 Å². The third-order valence-electron chi connectivity index (χ3n) is 6.35. The van der Waals surface area contributed by atoms with Crippen LogP contribution in [0.15, 0.2) is 18.2 Å². The maximum atomic E-state index is 6.20. The predicted molar refractivity (Wildman–Crippen MR) is 93.8 cm³/mol. The largest absolute Gasteiger partial charge is 0.494 e. The van der Waals surface area contributed by atoms with Gasteiger partial charge in [-0.2, -0.15) is 0 Å². The van der Waals surface area contributed by atoms with Crippen LogP contribution < -0.4 is 5.46 Å². The van der Waals surface area contributed by atoms with Crippen LogP contribution in [0, 0.1) is 18.8 Å². The van der Waals surface area contributed by atoms with Crippen LogP contribution in [-0.4, -0.2) is 36.3 Å². The molecule has 3 fully saturated rings. The number of nitrogens with zero attached hydrogens (tertiary/aromatic N) is 1. The van der Waals surface area contributed by atoms with E-state index in [0.717, 1.165) is 23.8 Å². The Labute approximate surface area is 140 Å². The third-order valence-corrected chi connectivity index (χ3v) is 6.35. The first-order valence-corrected chi connectivity index (χ1v) is 8.92. The van der Waals surface area contributed by atoms with Crippen molar-refractivity contribution >= 4 is 12.6 Å². The Kier molecular flexibility index (Phi) is 3.46. The van der Waals surface area contributed by atoms with Crippen molar-refractivity contribution < 1.29 is 9.31 Å². The van der Waals surface area contributed by atoms with Gasteiger partial charge in [0.2, 0.25) is 0 Å². The van der Waals surface area contributed by atoms with Gasteiger partial charge in [-0.15, -0.1) is 0 Å². The highest BCUT2D eigenvalue weighted by atomic mass is 16.7. The summed E-state index contributed by atoms with van der Waals surface area (Å²) in [5, 5.41) is 0. The molecule has 2 heterocycles. The molecule has 1 aromatic carbocycles. The molecule has 23 heavy (non-hydrogen) atoms. The van der Waals surface area contributed by atoms with Crippen LogP contribution in [0.1, 0.15) is 45.2 Å². The summed E-state index contributed by atoms with van der Waals surface area (Å²) in [4.78, 5) is 2.61. The zero-order valence-electron chi connectivity index (χ0n) is 15.1. The molecule has 3 nitrogen and oxygen atoms in total. The maximum Gasteiger partial charge on any atom is 0.494 e. The first-order valence-electron chi connectivity index (χ1n) is 8.92. The SMILES string of the molecule is Cc1ccc(B2OC(C)(C)C(C)(C)O2)cc1CN1CC2CC2C1. The third kappa shape index (κ3) is 2.75. The highest BCUT2D eigenvalue weighted by molar-refractivity contribution is 6.62. The van der Waals surface area contributed by atoms with Gasteiger partial charge < -0.3 is 9.31 Å². The highest BCUT2D eigenvalue weighted by Crippen LogP contribution is 2.45. The molecule has 2 unspecified atom stereocenters. The van der Waals surface area contributed by atoms with E-state index >= 15 is 0 Å². The summed E-state index contributed by atoms with van der Waals surface area (Å²) in [6, 6.07) is 6.66. The van der Waals surface area contributed by atoms with Crippen molar-refractivity contribution in [1.29, 1.82) is 0 Å². The molecule has 0 spiro atoms. The number of rotatable bonds is 3. The second-order valence-electron chi connectivity index (χ2n) is 8.72. The molecule has 1 aromatic rings. The Morgan fingerprint density at radius 1 is 1.09 bits per heavy atom. The van der Waals surface area contributed by atoms with Gasteiger partial charge in [0.1, 0.15) is 0 Å². The van der Waals surface area contributed by atoms with Crippen LogP contribution in [-0.2, 0) is 15.9 Å². The molecule has 1 saturated carbocycles. The van der Waals surface area contributed by atoms with E-state index in [0.29, 0.717) is 0 Å². The zero-order valence-corrected chi connectivity index (χ0v) is 15.1. The smallest absolute Gasteiger partial charge is 0.399 e. The molecule has 4 heteroatoms. The number of benzene rings is 1. The van der Waals surface area contributed by atoms with Gasteiger partial charge in [0, 0.05) is 19.6 Å². The molecular weight excluding hydrogens is 285 g/mol. The van der Waals surface area contributed by atoms with Gasteiger partial charge >= 0.3 is 7.12 Å². The Morgan fingerprint density at radius 2 is 1.70 bits per heavy atom. The number of piperidine rings is 1. The number of likely N-dealkylation sites (tertiary alicyclic amines) is 1. The fraction of sp³-hybridized carbons (Fsp3) is 0.684. The Hall–Kier alpha value is -0.835. The molecule has 1 aliphatic carbocycles. The van der Waals surface area contributed by atoms with Crippen LogP contribution in [0.25, 0.3) is 0 Å². The summed E-state index contributed by atoms with van der Waals surface area (Å²) < 4.78 is 12.4. The van der Waals surface area contributed by atoms with Crippen molar-refractivity contribution in [3.05, 3.63) is 29.3 Å². The van der Waals surface area contributed by atoms with Gasteiger partial charge in [-0.25, -0.2) is 0 Å². The lowest BCUT2D eigenvalue weighted by molar-refractivity contribution is 0.00578. The van der Waals surface area contributed by atoms with E-state index in [1.165, 1.54) is 30.6 Å². The van der Waals surface area contributed by atoms with Crippen molar-refractivity contribution in [1.82, 2.24) is 4.90 Å². The average Bonchev–Trinajstić information content (AvgIpc) is 2.99. The molecule has 3 aliphatic rings. The molecule has 4 rings (SSSR count). The van der Waals surface area contributed by atoms with Crippen LogP contribution in [0.2, 0.25) is 0 Å². The molecular formula is C19H28BNO2. The van der Waals surface area contributed by atoms with E-state index in [9.17, 15) is 0 Å². The minimum atomic E-state index is -0.279. The molecule has 0 amide bonds. The number of fused-ring (bicyclic) bond motifs is 1. The minimum Gasteiger partial charge on any atom is -0.399 e. The predicted octanol–water partition coefficient (Wildman–Crippen LogP) is 2.75. The molecule has 0 radical (unpaired) electrons. The topological polar surface area (TPSA) is 21.7 Å². The monoisotopic (exact) mass is 313 g/mol. The van der Waals surface area contributed by atoms with Gasteiger partial charge in [0.15, 0.2) is 0 Å². The Bertz CT molecular complexity index is 602. The van der Waals surface area contributed by atoms with Crippen molar-refractivity contribution in [2.45, 2.75) is 58.8 Å². The Morgan fingerprint density at radius 3 is 2.30 bits per heavy atom. The normalized spacial score (nSPS) is 31.4. The molecule has 124 valence electrons. The number of hydrogen-bond donors (Lipinski definition) is 0. The Balaban J connectivity index is 1.52. The van der Waals surface area contributed by atoms with Gasteiger partial charge in [-0.3, -0.25) is 4.90 Å². The fourth-order valence-electron chi connectivity index (χ4n) is 3.85. The van der Waals surface area contributed by atoms with E-state index in [1.807, 2.05) is 0 Å². The first kappa shape index (κ1) is 15.7. The summed E-state index contributed by atoms with van der Waals surface area (Å²) in [7, 11) is -0.258. The van der Waals surface area contributed by atoms with Gasteiger partial charge in [0.25, 0.3) is 0 Å². The number of hydrogen-bond acceptors (Lipinski definition) is 3. The zero-order chi connectivity index (χ0) is 16.4. The van der Waals surface area contributed by atoms with Crippen LogP contribution in [0.5, 0.6) is 0 Å². The molecule has 0 bridgehead atoms. The molecule has 2 saturated heterocycles. The van der Waals surface area contributed by atoms with Crippen molar-refractivity contribution in [2.75, 3.05) is 13.1 Å². The molecule has 0 aromatic heterocycles. The standard InChI is InChI=1S/C19H28BNO2/c1-13-6-7-17(20-22-18(2,3)19(4,5)23-20)9-14(13)10-21-11-15-8-16(15)12-21/h6-7,9,15-16H,8,10-12H2,1-5H3. The lowest BCUT2D eigenvalue weighted by Crippen LogP contribution is -2.41. The van der Waals surface area contributed by atoms with Crippen LogP contribution >= 0.6 is 0 Å². The highest BCUT2D eigenvalue weighted by Gasteiger charge is 2.51. The summed E-state index contributed by atoms with van der Waals surface area (Å²) in [6.07, 6.45) is 1.46. The van der Waals surface area contributed by atoms with E-state index in [2.05, 4.69) is 57.7 Å². The summed E-state index contributed by atoms with van der Waals surface area (Å²) in [5.74, 6) is 1.98. The quantitative estimate of drug-likeness (QED) is 0.801. The van der Waals surface area contributed by atoms with E-state index in [4.69, 9.17) is 9.31 Å². The first-order chi connectivity index (χ1) is 10.7. The summed E-state index contributed by atoms with van der Waals surface area (Å²) in [6.45, 7) is 14.3. The summed E-state index contributed by atoms with van der Waals surface area (Å²) >= 11 is 0. The van der Waals surface area contributed by atoms with Crippen molar-refractivity contribution in [3.8, 4) is 0 Å².